The lowest BCUT2D eigenvalue weighted by molar-refractivity contribution is 0.101. The van der Waals surface area contributed by atoms with E-state index >= 15 is 0 Å². The Morgan fingerprint density at radius 3 is 2.58 bits per heavy atom. The molecule has 0 aliphatic carbocycles. The molecule has 4 rings (SSSR count). The van der Waals surface area contributed by atoms with Gasteiger partial charge in [-0.1, -0.05) is 58.5 Å². The van der Waals surface area contributed by atoms with E-state index in [0.717, 1.165) is 11.1 Å². The first-order valence-corrected chi connectivity index (χ1v) is 11.2. The summed E-state index contributed by atoms with van der Waals surface area (Å²) >= 11 is 24.5. The van der Waals surface area contributed by atoms with Crippen LogP contribution in [0.25, 0.3) is 0 Å². The highest BCUT2D eigenvalue weighted by atomic mass is 35.5. The molecule has 1 amide bonds. The highest BCUT2D eigenvalue weighted by Gasteiger charge is 2.15. The molecule has 0 fully saturated rings. The minimum Gasteiger partial charge on any atom is -0.470 e. The number of hydrogen-bond acceptors (Lipinski definition) is 4. The number of ether oxygens (including phenoxy) is 1. The molecule has 7 nitrogen and oxygen atoms in total. The van der Waals surface area contributed by atoms with Crippen molar-refractivity contribution in [3.63, 3.8) is 0 Å². The van der Waals surface area contributed by atoms with Gasteiger partial charge in [-0.25, -0.2) is 4.68 Å². The Labute approximate surface area is 209 Å². The molecule has 2 heterocycles. The van der Waals surface area contributed by atoms with Crippen molar-refractivity contribution in [2.75, 3.05) is 5.32 Å². The van der Waals surface area contributed by atoms with Gasteiger partial charge < -0.3 is 10.1 Å². The molecule has 0 atom stereocenters. The summed E-state index contributed by atoms with van der Waals surface area (Å²) in [6, 6.07) is 12.2. The Hall–Kier alpha value is -2.71. The number of carbonyl (C=O) groups is 1. The van der Waals surface area contributed by atoms with Crippen LogP contribution in [0.5, 0.6) is 5.75 Å². The Bertz CT molecular complexity index is 1320. The molecule has 170 valence electrons. The zero-order valence-corrected chi connectivity index (χ0v) is 20.3. The van der Waals surface area contributed by atoms with E-state index in [9.17, 15) is 4.79 Å². The molecule has 0 bridgehead atoms. The standard InChI is InChI=1S/C22H17Cl4N5O2/c1-13-2-5-16(24)20(8-13)33-12-30-7-6-19(28-30)22(32)27-21-18(26)11-31(29-21)10-14-3-4-15(23)9-17(14)25/h2-9,11H,10,12H2,1H3,(H,27,29,32). The number of anilines is 1. The van der Waals surface area contributed by atoms with Gasteiger partial charge >= 0.3 is 0 Å². The molecular weight excluding hydrogens is 508 g/mol. The van der Waals surface area contributed by atoms with E-state index in [2.05, 4.69) is 15.5 Å². The lowest BCUT2D eigenvalue weighted by Gasteiger charge is -2.08. The summed E-state index contributed by atoms with van der Waals surface area (Å²) in [5, 5.41) is 13.0. The summed E-state index contributed by atoms with van der Waals surface area (Å²) in [4.78, 5) is 12.6. The highest BCUT2D eigenvalue weighted by molar-refractivity contribution is 6.35. The maximum absolute atomic E-state index is 12.6. The van der Waals surface area contributed by atoms with Crippen LogP contribution >= 0.6 is 46.4 Å². The van der Waals surface area contributed by atoms with E-state index in [4.69, 9.17) is 51.1 Å². The maximum Gasteiger partial charge on any atom is 0.277 e. The topological polar surface area (TPSA) is 74.0 Å². The fraction of sp³-hybridized carbons (Fsp3) is 0.136. The molecule has 0 radical (unpaired) electrons. The predicted molar refractivity (Wildman–Crippen MR) is 130 cm³/mol. The second kappa shape index (κ2) is 10.1. The Morgan fingerprint density at radius 2 is 1.79 bits per heavy atom. The van der Waals surface area contributed by atoms with Crippen LogP contribution in [-0.2, 0) is 13.3 Å². The number of amides is 1. The largest absolute Gasteiger partial charge is 0.470 e. The molecule has 0 aliphatic heterocycles. The zero-order chi connectivity index (χ0) is 23.5. The van der Waals surface area contributed by atoms with Crippen molar-refractivity contribution in [3.8, 4) is 5.75 Å². The van der Waals surface area contributed by atoms with Gasteiger partial charge in [0, 0.05) is 22.4 Å². The van der Waals surface area contributed by atoms with Crippen molar-refractivity contribution in [2.24, 2.45) is 0 Å². The smallest absolute Gasteiger partial charge is 0.277 e. The summed E-state index contributed by atoms with van der Waals surface area (Å²) in [6.45, 7) is 2.39. The quantitative estimate of drug-likeness (QED) is 0.306. The van der Waals surface area contributed by atoms with Gasteiger partial charge in [0.15, 0.2) is 18.2 Å². The average molecular weight is 525 g/mol. The van der Waals surface area contributed by atoms with Gasteiger partial charge in [-0.3, -0.25) is 9.48 Å². The Kier molecular flexibility index (Phi) is 7.14. The summed E-state index contributed by atoms with van der Waals surface area (Å²) in [7, 11) is 0. The number of aryl methyl sites for hydroxylation is 1. The summed E-state index contributed by atoms with van der Waals surface area (Å²) < 4.78 is 8.75. The first-order valence-electron chi connectivity index (χ1n) is 9.69. The molecule has 11 heteroatoms. The van der Waals surface area contributed by atoms with E-state index in [-0.39, 0.29) is 23.3 Å². The van der Waals surface area contributed by atoms with Crippen LogP contribution in [-0.4, -0.2) is 25.5 Å². The van der Waals surface area contributed by atoms with E-state index < -0.39 is 5.91 Å². The van der Waals surface area contributed by atoms with Crippen LogP contribution in [0.2, 0.25) is 20.1 Å². The van der Waals surface area contributed by atoms with E-state index in [1.165, 1.54) is 4.68 Å². The minimum atomic E-state index is -0.459. The van der Waals surface area contributed by atoms with Crippen LogP contribution in [0.15, 0.2) is 54.9 Å². The first kappa shape index (κ1) is 23.4. The third-order valence-corrected chi connectivity index (χ3v) is 5.78. The van der Waals surface area contributed by atoms with Gasteiger partial charge in [-0.15, -0.1) is 0 Å². The van der Waals surface area contributed by atoms with Gasteiger partial charge in [-0.05, 0) is 48.4 Å². The molecule has 0 saturated carbocycles. The molecule has 2 aromatic carbocycles. The third-order valence-electron chi connectivity index (χ3n) is 4.61. The van der Waals surface area contributed by atoms with Crippen LogP contribution < -0.4 is 10.1 Å². The van der Waals surface area contributed by atoms with Crippen LogP contribution in [0.1, 0.15) is 21.6 Å². The van der Waals surface area contributed by atoms with Crippen LogP contribution in [0, 0.1) is 6.92 Å². The second-order valence-corrected chi connectivity index (χ2v) is 8.82. The number of carbonyl (C=O) groups excluding carboxylic acids is 1. The molecule has 4 aromatic rings. The number of nitrogens with zero attached hydrogens (tertiary/aromatic N) is 4. The summed E-state index contributed by atoms with van der Waals surface area (Å²) in [6.07, 6.45) is 3.22. The van der Waals surface area contributed by atoms with Crippen molar-refractivity contribution < 1.29 is 9.53 Å². The number of benzene rings is 2. The van der Waals surface area contributed by atoms with Gasteiger partial charge in [-0.2, -0.15) is 10.2 Å². The number of rotatable bonds is 7. The van der Waals surface area contributed by atoms with Gasteiger partial charge in [0.25, 0.3) is 5.91 Å². The second-order valence-electron chi connectivity index (χ2n) is 7.16. The van der Waals surface area contributed by atoms with Crippen molar-refractivity contribution in [2.45, 2.75) is 20.2 Å². The molecule has 0 saturated heterocycles. The molecule has 2 aromatic heterocycles. The third kappa shape index (κ3) is 5.81. The predicted octanol–water partition coefficient (Wildman–Crippen LogP) is 6.34. The molecule has 33 heavy (non-hydrogen) atoms. The zero-order valence-electron chi connectivity index (χ0n) is 17.2. The lowest BCUT2D eigenvalue weighted by Crippen LogP contribution is -2.15. The number of hydrogen-bond donors (Lipinski definition) is 1. The van der Waals surface area contributed by atoms with Crippen molar-refractivity contribution >= 4 is 58.1 Å². The maximum atomic E-state index is 12.6. The van der Waals surface area contributed by atoms with Crippen LogP contribution in [0.4, 0.5) is 5.82 Å². The molecule has 0 unspecified atom stereocenters. The molecule has 0 spiro atoms. The number of aromatic nitrogens is 4. The summed E-state index contributed by atoms with van der Waals surface area (Å²) in [5.41, 5.74) is 2.01. The van der Waals surface area contributed by atoms with Gasteiger partial charge in [0.2, 0.25) is 0 Å². The normalized spacial score (nSPS) is 10.9. The lowest BCUT2D eigenvalue weighted by atomic mass is 10.2. The average Bonchev–Trinajstić information content (AvgIpc) is 3.37. The van der Waals surface area contributed by atoms with Crippen molar-refractivity contribution in [1.29, 1.82) is 0 Å². The monoisotopic (exact) mass is 523 g/mol. The molecule has 1 N–H and O–H groups in total. The fourth-order valence-electron chi connectivity index (χ4n) is 2.97. The van der Waals surface area contributed by atoms with Crippen LogP contribution in [0.3, 0.4) is 0 Å². The van der Waals surface area contributed by atoms with Crippen molar-refractivity contribution in [3.05, 3.63) is 91.8 Å². The molecular formula is C22H17Cl4N5O2. The Balaban J connectivity index is 1.39. The number of nitrogens with one attached hydrogen (secondary N) is 1. The van der Waals surface area contributed by atoms with E-state index in [1.807, 2.05) is 19.1 Å². The van der Waals surface area contributed by atoms with Gasteiger partial charge in [0.1, 0.15) is 10.8 Å². The van der Waals surface area contributed by atoms with Crippen molar-refractivity contribution in [1.82, 2.24) is 19.6 Å². The van der Waals surface area contributed by atoms with E-state index in [0.29, 0.717) is 27.4 Å². The first-order chi connectivity index (χ1) is 15.8. The van der Waals surface area contributed by atoms with E-state index in [1.54, 1.807) is 47.4 Å². The summed E-state index contributed by atoms with van der Waals surface area (Å²) in [5.74, 6) is 0.291. The van der Waals surface area contributed by atoms with Gasteiger partial charge in [0.05, 0.1) is 11.6 Å². The minimum absolute atomic E-state index is 0.0910. The molecule has 0 aliphatic rings. The SMILES string of the molecule is Cc1ccc(Cl)c(OCn2ccc(C(=O)Nc3nn(Cc4ccc(Cl)cc4Cl)cc3Cl)n2)c1. The fourth-order valence-corrected chi connectivity index (χ4v) is 3.81. The number of halogens is 4. The highest BCUT2D eigenvalue weighted by Crippen LogP contribution is 2.26. The Morgan fingerprint density at radius 1 is 0.970 bits per heavy atom.